The van der Waals surface area contributed by atoms with Gasteiger partial charge >= 0.3 is 0 Å². The lowest BCUT2D eigenvalue weighted by atomic mass is 10.2. The summed E-state index contributed by atoms with van der Waals surface area (Å²) in [5.74, 6) is -0.178. The highest BCUT2D eigenvalue weighted by atomic mass is 32.2. The van der Waals surface area contributed by atoms with Gasteiger partial charge in [0.2, 0.25) is 10.0 Å². The Morgan fingerprint density at radius 2 is 1.92 bits per heavy atom. The molecule has 10 heteroatoms. The Kier molecular flexibility index (Phi) is 5.03. The third-order valence-corrected chi connectivity index (χ3v) is 5.93. The maximum atomic E-state index is 12.6. The minimum Gasteiger partial charge on any atom is -0.379 e. The molecule has 0 atom stereocenters. The lowest BCUT2D eigenvalue weighted by molar-refractivity contribution is 0.0730. The molecular formula is C16H17N5O4S. The van der Waals surface area contributed by atoms with Crippen molar-refractivity contribution >= 4 is 21.7 Å². The van der Waals surface area contributed by atoms with Crippen molar-refractivity contribution < 1.29 is 17.9 Å². The molecule has 1 N–H and O–H groups in total. The Morgan fingerprint density at radius 1 is 1.27 bits per heavy atom. The summed E-state index contributed by atoms with van der Waals surface area (Å²) in [6.07, 6.45) is 1.35. The number of ether oxygens (including phenoxy) is 1. The molecule has 1 amide bonds. The topological polar surface area (TPSA) is 117 Å². The number of nitrogens with zero attached hydrogens (tertiary/aromatic N) is 4. The van der Waals surface area contributed by atoms with Gasteiger partial charge in [-0.1, -0.05) is 0 Å². The van der Waals surface area contributed by atoms with Gasteiger partial charge in [0, 0.05) is 25.7 Å². The lowest BCUT2D eigenvalue weighted by Gasteiger charge is -2.26. The number of aromatic nitrogens is 2. The first kappa shape index (κ1) is 18.1. The summed E-state index contributed by atoms with van der Waals surface area (Å²) in [6, 6.07) is 7.61. The van der Waals surface area contributed by atoms with E-state index in [0.29, 0.717) is 26.3 Å². The van der Waals surface area contributed by atoms with E-state index in [2.05, 4.69) is 10.4 Å². The van der Waals surface area contributed by atoms with Crippen molar-refractivity contribution in [3.05, 3.63) is 41.6 Å². The van der Waals surface area contributed by atoms with E-state index in [1.807, 2.05) is 6.07 Å². The van der Waals surface area contributed by atoms with Crippen LogP contribution in [0.1, 0.15) is 15.9 Å². The van der Waals surface area contributed by atoms with Crippen LogP contribution in [0.5, 0.6) is 0 Å². The monoisotopic (exact) mass is 375 g/mol. The number of rotatable bonds is 4. The van der Waals surface area contributed by atoms with Crippen LogP contribution in [0, 0.1) is 11.3 Å². The number of sulfonamides is 1. The fourth-order valence-corrected chi connectivity index (χ4v) is 3.97. The van der Waals surface area contributed by atoms with Gasteiger partial charge in [0.15, 0.2) is 0 Å². The maximum Gasteiger partial charge on any atom is 0.256 e. The zero-order chi connectivity index (χ0) is 18.7. The first-order valence-electron chi connectivity index (χ1n) is 7.85. The van der Waals surface area contributed by atoms with Crippen LogP contribution in [-0.2, 0) is 21.8 Å². The highest BCUT2D eigenvalue weighted by molar-refractivity contribution is 7.89. The van der Waals surface area contributed by atoms with Crippen molar-refractivity contribution in [1.82, 2.24) is 14.1 Å². The van der Waals surface area contributed by atoms with Crippen LogP contribution in [0.2, 0.25) is 0 Å². The summed E-state index contributed by atoms with van der Waals surface area (Å²) in [6.45, 7) is 1.35. The number of amides is 1. The number of carbonyl (C=O) groups excluding carboxylic acids is 1. The number of hydrogen-bond donors (Lipinski definition) is 1. The molecule has 3 rings (SSSR count). The van der Waals surface area contributed by atoms with Crippen molar-refractivity contribution in [1.29, 1.82) is 5.26 Å². The molecule has 0 radical (unpaired) electrons. The van der Waals surface area contributed by atoms with Gasteiger partial charge in [0.25, 0.3) is 5.91 Å². The van der Waals surface area contributed by atoms with Gasteiger partial charge in [-0.25, -0.2) is 8.42 Å². The van der Waals surface area contributed by atoms with Crippen LogP contribution >= 0.6 is 0 Å². The van der Waals surface area contributed by atoms with E-state index in [0.717, 1.165) is 0 Å². The largest absolute Gasteiger partial charge is 0.379 e. The summed E-state index contributed by atoms with van der Waals surface area (Å²) in [5.41, 5.74) is 0.517. The lowest BCUT2D eigenvalue weighted by Crippen LogP contribution is -2.40. The molecule has 1 aliphatic heterocycles. The van der Waals surface area contributed by atoms with Crippen molar-refractivity contribution in [2.45, 2.75) is 4.90 Å². The average molecular weight is 375 g/mol. The molecule has 1 aromatic carbocycles. The number of hydrogen-bond acceptors (Lipinski definition) is 6. The first-order valence-corrected chi connectivity index (χ1v) is 9.29. The van der Waals surface area contributed by atoms with Crippen LogP contribution in [0.15, 0.2) is 35.4 Å². The number of benzene rings is 1. The molecule has 9 nitrogen and oxygen atoms in total. The molecule has 1 aliphatic rings. The molecule has 1 fully saturated rings. The zero-order valence-corrected chi connectivity index (χ0v) is 14.9. The molecule has 1 saturated heterocycles. The highest BCUT2D eigenvalue weighted by Gasteiger charge is 2.26. The molecule has 0 unspecified atom stereocenters. The Hall–Kier alpha value is -2.74. The number of anilines is 1. The number of morpholine rings is 1. The van der Waals surface area contributed by atoms with Crippen molar-refractivity contribution in [2.24, 2.45) is 7.05 Å². The molecule has 2 aromatic rings. The number of nitrogens with one attached hydrogen (secondary N) is 1. The second-order valence-electron chi connectivity index (χ2n) is 5.64. The average Bonchev–Trinajstić information content (AvgIpc) is 3.02. The molecular weight excluding hydrogens is 358 g/mol. The van der Waals surface area contributed by atoms with E-state index in [1.165, 1.54) is 39.4 Å². The molecule has 26 heavy (non-hydrogen) atoms. The molecule has 0 spiro atoms. The van der Waals surface area contributed by atoms with Gasteiger partial charge < -0.3 is 10.1 Å². The van der Waals surface area contributed by atoms with E-state index in [-0.39, 0.29) is 21.8 Å². The van der Waals surface area contributed by atoms with Crippen molar-refractivity contribution in [3.63, 3.8) is 0 Å². The van der Waals surface area contributed by atoms with Crippen molar-refractivity contribution in [2.75, 3.05) is 31.6 Å². The summed E-state index contributed by atoms with van der Waals surface area (Å²) >= 11 is 0. The van der Waals surface area contributed by atoms with Crippen molar-refractivity contribution in [3.8, 4) is 6.07 Å². The molecule has 2 heterocycles. The second kappa shape index (κ2) is 7.25. The number of nitriles is 1. The van der Waals surface area contributed by atoms with E-state index >= 15 is 0 Å². The van der Waals surface area contributed by atoms with Gasteiger partial charge in [0.05, 0.1) is 24.3 Å². The fraction of sp³-hybridized carbons (Fsp3) is 0.312. The van der Waals surface area contributed by atoms with Gasteiger partial charge in [-0.15, -0.1) is 0 Å². The third kappa shape index (κ3) is 3.45. The predicted molar refractivity (Wildman–Crippen MR) is 91.9 cm³/mol. The normalized spacial score (nSPS) is 15.4. The van der Waals surface area contributed by atoms with E-state index in [4.69, 9.17) is 10.00 Å². The van der Waals surface area contributed by atoms with E-state index in [1.54, 1.807) is 7.05 Å². The number of carbonyl (C=O) groups is 1. The van der Waals surface area contributed by atoms with Crippen LogP contribution in [0.25, 0.3) is 0 Å². The van der Waals surface area contributed by atoms with Crippen LogP contribution in [-0.4, -0.2) is 54.7 Å². The minimum absolute atomic E-state index is 0.120. The summed E-state index contributed by atoms with van der Waals surface area (Å²) in [5, 5.41) is 15.6. The van der Waals surface area contributed by atoms with Crippen LogP contribution < -0.4 is 5.32 Å². The SMILES string of the molecule is Cn1ncc(C#N)c1NC(=O)c1ccc(S(=O)(=O)N2CCOCC2)cc1. The Labute approximate surface area is 150 Å². The quantitative estimate of drug-likeness (QED) is 0.835. The predicted octanol–water partition coefficient (Wildman–Crippen LogP) is 0.565. The standard InChI is InChI=1S/C16H17N5O4S/c1-20-15(13(10-17)11-18-20)19-16(22)12-2-4-14(5-3-12)26(23,24)21-6-8-25-9-7-21/h2-5,11H,6-9H2,1H3,(H,19,22). The third-order valence-electron chi connectivity index (χ3n) is 4.02. The summed E-state index contributed by atoms with van der Waals surface area (Å²) in [7, 11) is -2.00. The molecule has 0 aliphatic carbocycles. The smallest absolute Gasteiger partial charge is 0.256 e. The molecule has 136 valence electrons. The van der Waals surface area contributed by atoms with E-state index < -0.39 is 15.9 Å². The summed E-state index contributed by atoms with van der Waals surface area (Å²) < 4.78 is 33.1. The Balaban J connectivity index is 1.78. The maximum absolute atomic E-state index is 12.6. The fourth-order valence-electron chi connectivity index (χ4n) is 2.56. The van der Waals surface area contributed by atoms with Gasteiger partial charge in [-0.3, -0.25) is 9.48 Å². The molecule has 1 aromatic heterocycles. The van der Waals surface area contributed by atoms with Crippen LogP contribution in [0.4, 0.5) is 5.82 Å². The van der Waals surface area contributed by atoms with Crippen LogP contribution in [0.3, 0.4) is 0 Å². The first-order chi connectivity index (χ1) is 12.4. The number of aryl methyl sites for hydroxylation is 1. The van der Waals surface area contributed by atoms with E-state index in [9.17, 15) is 13.2 Å². The van der Waals surface area contributed by atoms with Gasteiger partial charge in [-0.2, -0.15) is 14.7 Å². The highest BCUT2D eigenvalue weighted by Crippen LogP contribution is 2.19. The Bertz CT molecular complexity index is 954. The Morgan fingerprint density at radius 3 is 2.54 bits per heavy atom. The summed E-state index contributed by atoms with van der Waals surface area (Å²) in [4.78, 5) is 12.5. The zero-order valence-electron chi connectivity index (χ0n) is 14.0. The second-order valence-corrected chi connectivity index (χ2v) is 7.58. The molecule has 0 saturated carbocycles. The van der Waals surface area contributed by atoms with Gasteiger partial charge in [-0.05, 0) is 24.3 Å². The molecule has 0 bridgehead atoms. The van der Waals surface area contributed by atoms with Gasteiger partial charge in [0.1, 0.15) is 17.5 Å². The minimum atomic E-state index is -3.61.